The number of esters is 1. The van der Waals surface area contributed by atoms with Crippen molar-refractivity contribution in [2.24, 2.45) is 5.92 Å². The highest BCUT2D eigenvalue weighted by Gasteiger charge is 2.22. The number of benzene rings is 2. The maximum Gasteiger partial charge on any atom is 0.347 e. The first-order chi connectivity index (χ1) is 19.9. The number of amides is 1. The minimum absolute atomic E-state index is 0.0423. The Bertz CT molecular complexity index is 1280. The number of aryl methyl sites for hydroxylation is 1. The number of imidazole rings is 1. The van der Waals surface area contributed by atoms with E-state index < -0.39 is 6.10 Å². The Morgan fingerprint density at radius 2 is 1.83 bits per heavy atom. The molecule has 0 aliphatic heterocycles. The Balaban J connectivity index is 1.45. The van der Waals surface area contributed by atoms with Crippen LogP contribution in [-0.4, -0.2) is 47.2 Å². The molecule has 222 valence electrons. The summed E-state index contributed by atoms with van der Waals surface area (Å²) in [4.78, 5) is 29.6. The lowest BCUT2D eigenvalue weighted by molar-refractivity contribution is -0.149. The summed E-state index contributed by atoms with van der Waals surface area (Å²) in [5.41, 5.74) is 4.00. The molecule has 1 saturated carbocycles. The zero-order valence-electron chi connectivity index (χ0n) is 25.1. The summed E-state index contributed by atoms with van der Waals surface area (Å²) in [5, 5.41) is 6.45. The van der Waals surface area contributed by atoms with E-state index in [1.54, 1.807) is 0 Å². The molecule has 2 N–H and O–H groups in total. The van der Waals surface area contributed by atoms with Gasteiger partial charge in [-0.25, -0.2) is 9.78 Å². The molecule has 4 rings (SSSR count). The number of nitrogens with zero attached hydrogens (tertiary/aromatic N) is 2. The topological polar surface area (TPSA) is 94.5 Å². The summed E-state index contributed by atoms with van der Waals surface area (Å²) in [6.45, 7) is 7.24. The third kappa shape index (κ3) is 8.72. The molecule has 1 aliphatic rings. The fourth-order valence-electron chi connectivity index (χ4n) is 5.47. The van der Waals surface area contributed by atoms with Crippen LogP contribution < -0.4 is 15.4 Å². The summed E-state index contributed by atoms with van der Waals surface area (Å²) >= 11 is 0. The predicted molar refractivity (Wildman–Crippen MR) is 163 cm³/mol. The van der Waals surface area contributed by atoms with Crippen LogP contribution in [0.5, 0.6) is 5.75 Å². The average Bonchev–Trinajstić information content (AvgIpc) is 3.31. The zero-order chi connectivity index (χ0) is 29.2. The standard InChI is InChI=1S/C33H46N4O4/c1-5-6-12-31-36-28-20-26(34-21-32(38)35-25-10-8-7-9-11-25)15-18-29(28)37(31)22-24-13-16-27(17-14-24)41-30(19-23(2)3)33(39)40-4/h13-18,20,23,25,30,34H,5-12,19,21-22H2,1-4H3,(H,35,38). The van der Waals surface area contributed by atoms with E-state index in [0.29, 0.717) is 30.7 Å². The van der Waals surface area contributed by atoms with E-state index in [1.165, 1.54) is 26.4 Å². The Kier molecular flexibility index (Phi) is 11.0. The van der Waals surface area contributed by atoms with Crippen molar-refractivity contribution >= 4 is 28.6 Å². The number of carbonyl (C=O) groups is 2. The third-order valence-electron chi connectivity index (χ3n) is 7.70. The molecule has 0 saturated heterocycles. The van der Waals surface area contributed by atoms with Gasteiger partial charge < -0.3 is 24.7 Å². The Hall–Kier alpha value is -3.55. The predicted octanol–water partition coefficient (Wildman–Crippen LogP) is 6.25. The second-order valence-electron chi connectivity index (χ2n) is 11.6. The Labute approximate surface area is 244 Å². The quantitative estimate of drug-likeness (QED) is 0.226. The number of ether oxygens (including phenoxy) is 2. The van der Waals surface area contributed by atoms with Crippen LogP contribution >= 0.6 is 0 Å². The number of carbonyl (C=O) groups excluding carboxylic acids is 2. The smallest absolute Gasteiger partial charge is 0.347 e. The van der Waals surface area contributed by atoms with E-state index in [4.69, 9.17) is 14.5 Å². The summed E-state index contributed by atoms with van der Waals surface area (Å²) in [7, 11) is 1.39. The lowest BCUT2D eigenvalue weighted by Gasteiger charge is -2.22. The van der Waals surface area contributed by atoms with Gasteiger partial charge in [0.1, 0.15) is 11.6 Å². The SMILES string of the molecule is CCCCc1nc2cc(NCC(=O)NC3CCCCC3)ccc2n1Cc1ccc(OC(CC(C)C)C(=O)OC)cc1. The van der Waals surface area contributed by atoms with E-state index in [9.17, 15) is 9.59 Å². The highest BCUT2D eigenvalue weighted by molar-refractivity contribution is 5.84. The number of aromatic nitrogens is 2. The van der Waals surface area contributed by atoms with Crippen LogP contribution in [0.4, 0.5) is 5.69 Å². The normalized spacial score (nSPS) is 14.7. The maximum atomic E-state index is 12.5. The van der Waals surface area contributed by atoms with Gasteiger partial charge in [0.15, 0.2) is 6.10 Å². The number of nitrogens with one attached hydrogen (secondary N) is 2. The van der Waals surface area contributed by atoms with Gasteiger partial charge in [-0.15, -0.1) is 0 Å². The van der Waals surface area contributed by atoms with Crippen LogP contribution in [0.3, 0.4) is 0 Å². The summed E-state index contributed by atoms with van der Waals surface area (Å²) in [5.74, 6) is 1.70. The minimum Gasteiger partial charge on any atom is -0.479 e. The van der Waals surface area contributed by atoms with Gasteiger partial charge in [0.05, 0.1) is 24.7 Å². The van der Waals surface area contributed by atoms with Gasteiger partial charge in [-0.1, -0.05) is 58.6 Å². The molecule has 0 bridgehead atoms. The van der Waals surface area contributed by atoms with Gasteiger partial charge in [0.2, 0.25) is 5.91 Å². The highest BCUT2D eigenvalue weighted by Crippen LogP contribution is 2.25. The zero-order valence-corrected chi connectivity index (χ0v) is 25.1. The molecule has 0 spiro atoms. The van der Waals surface area contributed by atoms with E-state index in [2.05, 4.69) is 42.0 Å². The molecule has 8 nitrogen and oxygen atoms in total. The molecule has 1 atom stereocenters. The molecule has 0 radical (unpaired) electrons. The molecular formula is C33H46N4O4. The van der Waals surface area contributed by atoms with E-state index in [1.807, 2.05) is 36.4 Å². The van der Waals surface area contributed by atoms with Crippen molar-refractivity contribution in [3.8, 4) is 5.75 Å². The van der Waals surface area contributed by atoms with Crippen molar-refractivity contribution in [2.75, 3.05) is 19.0 Å². The molecule has 8 heteroatoms. The van der Waals surface area contributed by atoms with Gasteiger partial charge in [0, 0.05) is 24.7 Å². The monoisotopic (exact) mass is 562 g/mol. The molecule has 2 aromatic carbocycles. The van der Waals surface area contributed by atoms with Crippen LogP contribution in [0, 0.1) is 5.92 Å². The van der Waals surface area contributed by atoms with Gasteiger partial charge in [-0.2, -0.15) is 0 Å². The first-order valence-corrected chi connectivity index (χ1v) is 15.2. The average molecular weight is 563 g/mol. The van der Waals surface area contributed by atoms with E-state index >= 15 is 0 Å². The second-order valence-corrected chi connectivity index (χ2v) is 11.6. The molecular weight excluding hydrogens is 516 g/mol. The lowest BCUT2D eigenvalue weighted by atomic mass is 9.95. The van der Waals surface area contributed by atoms with Crippen LogP contribution in [0.1, 0.15) is 83.5 Å². The molecule has 41 heavy (non-hydrogen) atoms. The van der Waals surface area contributed by atoms with Crippen LogP contribution in [0.2, 0.25) is 0 Å². The van der Waals surface area contributed by atoms with Crippen molar-refractivity contribution in [2.45, 2.75) is 97.2 Å². The number of hydrogen-bond acceptors (Lipinski definition) is 6. The molecule has 1 aliphatic carbocycles. The minimum atomic E-state index is -0.620. The van der Waals surface area contributed by atoms with Crippen molar-refractivity contribution < 1.29 is 19.1 Å². The van der Waals surface area contributed by atoms with Crippen LogP contribution in [0.15, 0.2) is 42.5 Å². The van der Waals surface area contributed by atoms with Gasteiger partial charge in [-0.3, -0.25) is 4.79 Å². The fourth-order valence-corrected chi connectivity index (χ4v) is 5.47. The van der Waals surface area contributed by atoms with Crippen LogP contribution in [-0.2, 0) is 27.3 Å². The summed E-state index contributed by atoms with van der Waals surface area (Å²) in [6.07, 6.45) is 8.86. The molecule has 1 fully saturated rings. The van der Waals surface area contributed by atoms with Gasteiger partial charge in [-0.05, 0) is 67.5 Å². The second kappa shape index (κ2) is 14.9. The number of hydrogen-bond donors (Lipinski definition) is 2. The number of methoxy groups -OCH3 is 1. The molecule has 1 amide bonds. The lowest BCUT2D eigenvalue weighted by Crippen LogP contribution is -2.39. The number of anilines is 1. The molecule has 1 heterocycles. The van der Waals surface area contributed by atoms with Gasteiger partial charge in [0.25, 0.3) is 0 Å². The first-order valence-electron chi connectivity index (χ1n) is 15.2. The van der Waals surface area contributed by atoms with Crippen molar-refractivity contribution in [1.82, 2.24) is 14.9 Å². The number of fused-ring (bicyclic) bond motifs is 1. The number of unbranched alkanes of at least 4 members (excludes halogenated alkanes) is 1. The first kappa shape index (κ1) is 30.4. The van der Waals surface area contributed by atoms with E-state index in [0.717, 1.165) is 60.2 Å². The molecule has 1 aromatic heterocycles. The summed E-state index contributed by atoms with van der Waals surface area (Å²) < 4.78 is 13.2. The highest BCUT2D eigenvalue weighted by atomic mass is 16.6. The van der Waals surface area contributed by atoms with Crippen molar-refractivity contribution in [3.63, 3.8) is 0 Å². The Morgan fingerprint density at radius 1 is 1.07 bits per heavy atom. The van der Waals surface area contributed by atoms with Gasteiger partial charge >= 0.3 is 5.97 Å². The number of rotatable bonds is 14. The summed E-state index contributed by atoms with van der Waals surface area (Å²) in [6, 6.07) is 14.4. The molecule has 1 unspecified atom stereocenters. The maximum absolute atomic E-state index is 12.5. The Morgan fingerprint density at radius 3 is 2.51 bits per heavy atom. The van der Waals surface area contributed by atoms with Crippen molar-refractivity contribution in [3.05, 3.63) is 53.9 Å². The largest absolute Gasteiger partial charge is 0.479 e. The fraction of sp³-hybridized carbons (Fsp3) is 0.545. The van der Waals surface area contributed by atoms with E-state index in [-0.39, 0.29) is 18.4 Å². The molecule has 3 aromatic rings. The third-order valence-corrected chi connectivity index (χ3v) is 7.70. The van der Waals surface area contributed by atoms with Crippen LogP contribution in [0.25, 0.3) is 11.0 Å². The van der Waals surface area contributed by atoms with Crippen molar-refractivity contribution in [1.29, 1.82) is 0 Å².